The first-order chi connectivity index (χ1) is 15.1. The molecule has 2 heterocycles. The Kier molecular flexibility index (Phi) is 4.84. The van der Waals surface area contributed by atoms with Gasteiger partial charge in [-0.3, -0.25) is 4.57 Å². The Hall–Kier alpha value is -3.77. The molecule has 0 fully saturated rings. The number of hydrogen-bond donors (Lipinski definition) is 0. The molecular formula is C24H17ClN4O2. The number of halogens is 1. The van der Waals surface area contributed by atoms with Crippen molar-refractivity contribution in [3.63, 3.8) is 0 Å². The molecule has 0 unspecified atom stereocenters. The summed E-state index contributed by atoms with van der Waals surface area (Å²) >= 11 is 6.25. The molecule has 152 valence electrons. The highest BCUT2D eigenvalue weighted by molar-refractivity contribution is 6.30. The predicted octanol–water partition coefficient (Wildman–Crippen LogP) is 5.47. The van der Waals surface area contributed by atoms with Crippen molar-refractivity contribution < 1.29 is 9.53 Å². The van der Waals surface area contributed by atoms with Gasteiger partial charge in [-0.25, -0.2) is 19.7 Å². The molecule has 5 rings (SSSR count). The molecular weight excluding hydrogens is 412 g/mol. The maximum atomic E-state index is 12.3. The number of benzene rings is 3. The van der Waals surface area contributed by atoms with Gasteiger partial charge in [-0.2, -0.15) is 0 Å². The highest BCUT2D eigenvalue weighted by atomic mass is 35.5. The van der Waals surface area contributed by atoms with E-state index >= 15 is 0 Å². The van der Waals surface area contributed by atoms with E-state index in [1.54, 1.807) is 19.1 Å². The zero-order valence-corrected chi connectivity index (χ0v) is 17.4. The second-order valence-electron chi connectivity index (χ2n) is 6.91. The highest BCUT2D eigenvalue weighted by Crippen LogP contribution is 2.30. The largest absolute Gasteiger partial charge is 0.462 e. The Morgan fingerprint density at radius 2 is 1.71 bits per heavy atom. The first kappa shape index (κ1) is 19.2. The van der Waals surface area contributed by atoms with Crippen LogP contribution in [0.15, 0.2) is 72.8 Å². The molecule has 6 nitrogen and oxygen atoms in total. The van der Waals surface area contributed by atoms with Gasteiger partial charge in [0.05, 0.1) is 28.9 Å². The minimum atomic E-state index is -0.380. The fourth-order valence-corrected chi connectivity index (χ4v) is 3.70. The van der Waals surface area contributed by atoms with Crippen molar-refractivity contribution in [2.24, 2.45) is 0 Å². The Morgan fingerprint density at radius 1 is 0.935 bits per heavy atom. The average molecular weight is 429 g/mol. The van der Waals surface area contributed by atoms with Crippen LogP contribution in [0.25, 0.3) is 39.4 Å². The highest BCUT2D eigenvalue weighted by Gasteiger charge is 2.19. The lowest BCUT2D eigenvalue weighted by molar-refractivity contribution is 0.0526. The Morgan fingerprint density at radius 3 is 2.48 bits per heavy atom. The van der Waals surface area contributed by atoms with Crippen molar-refractivity contribution >= 4 is 39.9 Å². The second-order valence-corrected chi connectivity index (χ2v) is 7.35. The molecule has 5 aromatic rings. The maximum absolute atomic E-state index is 12.3. The van der Waals surface area contributed by atoms with Crippen LogP contribution in [0.2, 0.25) is 5.02 Å². The summed E-state index contributed by atoms with van der Waals surface area (Å²) in [7, 11) is 0. The SMILES string of the molecule is CCOC(=O)c1cccc(-n2c(-c3cccc(Cl)c3)nc3nc4ccccc4nc32)c1. The summed E-state index contributed by atoms with van der Waals surface area (Å²) in [5, 5.41) is 0.599. The smallest absolute Gasteiger partial charge is 0.338 e. The van der Waals surface area contributed by atoms with E-state index in [0.29, 0.717) is 34.3 Å². The van der Waals surface area contributed by atoms with E-state index in [4.69, 9.17) is 31.3 Å². The minimum absolute atomic E-state index is 0.308. The van der Waals surface area contributed by atoms with Gasteiger partial charge in [0.1, 0.15) is 5.82 Å². The lowest BCUT2D eigenvalue weighted by Gasteiger charge is -2.11. The van der Waals surface area contributed by atoms with Crippen LogP contribution in [0.1, 0.15) is 17.3 Å². The summed E-state index contributed by atoms with van der Waals surface area (Å²) < 4.78 is 7.06. The monoisotopic (exact) mass is 428 g/mol. The third-order valence-corrected chi connectivity index (χ3v) is 5.10. The van der Waals surface area contributed by atoms with Crippen molar-refractivity contribution in [1.29, 1.82) is 0 Å². The molecule has 0 bridgehead atoms. The van der Waals surface area contributed by atoms with Crippen molar-refractivity contribution in [3.8, 4) is 17.1 Å². The van der Waals surface area contributed by atoms with Gasteiger partial charge in [0, 0.05) is 10.6 Å². The number of esters is 1. The predicted molar refractivity (Wildman–Crippen MR) is 121 cm³/mol. The molecule has 31 heavy (non-hydrogen) atoms. The molecule has 0 aliphatic rings. The number of hydrogen-bond acceptors (Lipinski definition) is 5. The number of carbonyl (C=O) groups is 1. The molecule has 3 aromatic carbocycles. The van der Waals surface area contributed by atoms with Crippen LogP contribution in [0, 0.1) is 0 Å². The van der Waals surface area contributed by atoms with Gasteiger partial charge in [0.15, 0.2) is 11.3 Å². The van der Waals surface area contributed by atoms with Crippen molar-refractivity contribution in [2.45, 2.75) is 6.92 Å². The van der Waals surface area contributed by atoms with E-state index in [1.165, 1.54) is 0 Å². The number of fused-ring (bicyclic) bond motifs is 2. The molecule has 0 atom stereocenters. The van der Waals surface area contributed by atoms with Crippen LogP contribution >= 0.6 is 11.6 Å². The van der Waals surface area contributed by atoms with E-state index in [9.17, 15) is 4.79 Å². The summed E-state index contributed by atoms with van der Waals surface area (Å²) in [5.41, 5.74) is 4.62. The van der Waals surface area contributed by atoms with Crippen LogP contribution in [0.4, 0.5) is 0 Å². The number of ether oxygens (including phenoxy) is 1. The van der Waals surface area contributed by atoms with Crippen molar-refractivity contribution in [1.82, 2.24) is 19.5 Å². The summed E-state index contributed by atoms with van der Waals surface area (Å²) in [6, 6.07) is 22.3. The summed E-state index contributed by atoms with van der Waals surface area (Å²) in [6.07, 6.45) is 0. The van der Waals surface area contributed by atoms with Gasteiger partial charge in [0.2, 0.25) is 0 Å². The molecule has 0 aliphatic carbocycles. The quantitative estimate of drug-likeness (QED) is 0.355. The fourth-order valence-electron chi connectivity index (χ4n) is 3.51. The van der Waals surface area contributed by atoms with Gasteiger partial charge >= 0.3 is 5.97 Å². The number of nitrogens with zero attached hydrogens (tertiary/aromatic N) is 4. The first-order valence-electron chi connectivity index (χ1n) is 9.83. The molecule has 0 radical (unpaired) electrons. The van der Waals surface area contributed by atoms with Crippen molar-refractivity contribution in [3.05, 3.63) is 83.4 Å². The van der Waals surface area contributed by atoms with E-state index in [1.807, 2.05) is 65.2 Å². The van der Waals surface area contributed by atoms with Crippen LogP contribution in [-0.4, -0.2) is 32.1 Å². The molecule has 0 N–H and O–H groups in total. The van der Waals surface area contributed by atoms with Gasteiger partial charge in [0.25, 0.3) is 0 Å². The molecule has 2 aromatic heterocycles. The van der Waals surface area contributed by atoms with Crippen LogP contribution in [0.5, 0.6) is 0 Å². The van der Waals surface area contributed by atoms with Crippen molar-refractivity contribution in [2.75, 3.05) is 6.61 Å². The summed E-state index contributed by atoms with van der Waals surface area (Å²) in [4.78, 5) is 26.6. The van der Waals surface area contributed by atoms with Gasteiger partial charge in [-0.15, -0.1) is 0 Å². The third kappa shape index (κ3) is 3.51. The van der Waals surface area contributed by atoms with E-state index < -0.39 is 0 Å². The number of carbonyl (C=O) groups excluding carboxylic acids is 1. The Balaban J connectivity index is 1.81. The standard InChI is InChI=1S/C24H17ClN4O2/c1-2-31-24(30)16-8-6-10-18(14-16)29-22(15-7-5-9-17(25)13-15)28-21-23(29)27-20-12-4-3-11-19(20)26-21/h3-14H,2H2,1H3. The van der Waals surface area contributed by atoms with E-state index in [-0.39, 0.29) is 5.97 Å². The van der Waals surface area contributed by atoms with E-state index in [0.717, 1.165) is 22.3 Å². The van der Waals surface area contributed by atoms with Gasteiger partial charge in [-0.1, -0.05) is 41.9 Å². The zero-order valence-electron chi connectivity index (χ0n) is 16.6. The maximum Gasteiger partial charge on any atom is 0.338 e. The molecule has 0 saturated carbocycles. The number of para-hydroxylation sites is 2. The normalized spacial score (nSPS) is 11.2. The van der Waals surface area contributed by atoms with Gasteiger partial charge < -0.3 is 4.74 Å². The molecule has 7 heteroatoms. The lowest BCUT2D eigenvalue weighted by atomic mass is 10.1. The summed E-state index contributed by atoms with van der Waals surface area (Å²) in [5.74, 6) is 0.253. The Bertz CT molecular complexity index is 1440. The van der Waals surface area contributed by atoms with Crippen LogP contribution in [0.3, 0.4) is 0 Å². The van der Waals surface area contributed by atoms with Gasteiger partial charge in [-0.05, 0) is 49.4 Å². The summed E-state index contributed by atoms with van der Waals surface area (Å²) in [6.45, 7) is 2.09. The van der Waals surface area contributed by atoms with Crippen LogP contribution in [-0.2, 0) is 4.74 Å². The van der Waals surface area contributed by atoms with Crippen LogP contribution < -0.4 is 0 Å². The molecule has 0 amide bonds. The lowest BCUT2D eigenvalue weighted by Crippen LogP contribution is -2.06. The minimum Gasteiger partial charge on any atom is -0.462 e. The molecule has 0 aliphatic heterocycles. The third-order valence-electron chi connectivity index (χ3n) is 4.87. The average Bonchev–Trinajstić information content (AvgIpc) is 3.16. The second kappa shape index (κ2) is 7.81. The number of rotatable bonds is 4. The number of aromatic nitrogens is 4. The Labute approximate surface area is 183 Å². The molecule has 0 spiro atoms. The first-order valence-corrected chi connectivity index (χ1v) is 10.2. The number of imidazole rings is 1. The topological polar surface area (TPSA) is 69.9 Å². The van der Waals surface area contributed by atoms with E-state index in [2.05, 4.69) is 0 Å². The zero-order chi connectivity index (χ0) is 21.4. The molecule has 0 saturated heterocycles. The fraction of sp³-hybridized carbons (Fsp3) is 0.0833.